The van der Waals surface area contributed by atoms with Gasteiger partial charge >= 0.3 is 5.97 Å². The van der Waals surface area contributed by atoms with Crippen LogP contribution in [0.15, 0.2) is 0 Å². The van der Waals surface area contributed by atoms with E-state index in [4.69, 9.17) is 9.84 Å². The maximum atomic E-state index is 12.0. The zero-order valence-corrected chi connectivity index (χ0v) is 12.1. The van der Waals surface area contributed by atoms with Crippen LogP contribution in [0, 0.1) is 5.92 Å². The lowest BCUT2D eigenvalue weighted by molar-refractivity contribution is -0.144. The van der Waals surface area contributed by atoms with Crippen molar-refractivity contribution < 1.29 is 19.4 Å². The van der Waals surface area contributed by atoms with Crippen LogP contribution in [0.3, 0.4) is 0 Å². The van der Waals surface area contributed by atoms with E-state index >= 15 is 0 Å². The van der Waals surface area contributed by atoms with Gasteiger partial charge in [-0.1, -0.05) is 0 Å². The van der Waals surface area contributed by atoms with Crippen LogP contribution in [-0.4, -0.2) is 60.3 Å². The molecule has 2 unspecified atom stereocenters. The van der Waals surface area contributed by atoms with Crippen LogP contribution in [0.2, 0.25) is 0 Å². The second-order valence-electron chi connectivity index (χ2n) is 5.98. The predicted octanol–water partition coefficient (Wildman–Crippen LogP) is 0.323. The van der Waals surface area contributed by atoms with Crippen LogP contribution in [0.25, 0.3) is 0 Å². The van der Waals surface area contributed by atoms with E-state index in [-0.39, 0.29) is 24.1 Å². The van der Waals surface area contributed by atoms with Gasteiger partial charge < -0.3 is 20.1 Å². The molecule has 2 atom stereocenters. The Labute approximate surface area is 114 Å². The molecule has 110 valence electrons. The fourth-order valence-corrected chi connectivity index (χ4v) is 2.07. The second-order valence-corrected chi connectivity index (χ2v) is 5.98. The summed E-state index contributed by atoms with van der Waals surface area (Å²) in [6, 6.07) is -0.361. The molecule has 19 heavy (non-hydrogen) atoms. The average Bonchev–Trinajstić information content (AvgIpc) is 2.74. The van der Waals surface area contributed by atoms with Crippen molar-refractivity contribution in [3.63, 3.8) is 0 Å². The molecule has 0 aromatic carbocycles. The number of carboxylic acid groups (broad SMARTS) is 1. The smallest absolute Gasteiger partial charge is 0.311 e. The van der Waals surface area contributed by atoms with Gasteiger partial charge in [0.15, 0.2) is 0 Å². The lowest BCUT2D eigenvalue weighted by atomic mass is 10.0. The molecule has 6 heteroatoms. The minimum Gasteiger partial charge on any atom is -0.481 e. The Balaban J connectivity index is 2.46. The number of carbonyl (C=O) groups is 2. The summed E-state index contributed by atoms with van der Waals surface area (Å²) in [6.45, 7) is 7.16. The summed E-state index contributed by atoms with van der Waals surface area (Å²) < 4.78 is 5.17. The molecule has 0 bridgehead atoms. The van der Waals surface area contributed by atoms with Crippen LogP contribution in [0.4, 0.5) is 0 Å². The van der Waals surface area contributed by atoms with Gasteiger partial charge in [0.1, 0.15) is 5.92 Å². The molecule has 2 N–H and O–H groups in total. The lowest BCUT2D eigenvalue weighted by Crippen LogP contribution is -2.45. The average molecular weight is 272 g/mol. The van der Waals surface area contributed by atoms with Gasteiger partial charge in [0.25, 0.3) is 0 Å². The number of amides is 1. The first-order valence-electron chi connectivity index (χ1n) is 6.53. The van der Waals surface area contributed by atoms with Crippen LogP contribution in [0.5, 0.6) is 0 Å². The van der Waals surface area contributed by atoms with E-state index in [0.717, 1.165) is 0 Å². The molecule has 0 aromatic rings. The number of hydrogen-bond acceptors (Lipinski definition) is 4. The third-order valence-electron chi connectivity index (χ3n) is 3.25. The lowest BCUT2D eigenvalue weighted by Gasteiger charge is -2.27. The van der Waals surface area contributed by atoms with Gasteiger partial charge in [-0.3, -0.25) is 9.59 Å². The van der Waals surface area contributed by atoms with Gasteiger partial charge in [0.2, 0.25) is 5.91 Å². The Kier molecular flexibility index (Phi) is 5.31. The molecule has 0 aliphatic carbocycles. The van der Waals surface area contributed by atoms with Crippen molar-refractivity contribution in [1.82, 2.24) is 10.2 Å². The first-order chi connectivity index (χ1) is 8.72. The molecule has 1 heterocycles. The van der Waals surface area contributed by atoms with Gasteiger partial charge in [-0.2, -0.15) is 0 Å². The Morgan fingerprint density at radius 1 is 1.37 bits per heavy atom. The molecule has 0 aromatic heterocycles. The fourth-order valence-electron chi connectivity index (χ4n) is 2.07. The fraction of sp³-hybridized carbons (Fsp3) is 0.846. The van der Waals surface area contributed by atoms with Gasteiger partial charge in [-0.15, -0.1) is 0 Å². The van der Waals surface area contributed by atoms with E-state index in [2.05, 4.69) is 5.32 Å². The number of ether oxygens (including phenoxy) is 1. The minimum atomic E-state index is -0.907. The predicted molar refractivity (Wildman–Crippen MR) is 70.9 cm³/mol. The van der Waals surface area contributed by atoms with Crippen molar-refractivity contribution >= 4 is 11.9 Å². The van der Waals surface area contributed by atoms with Gasteiger partial charge in [-0.05, 0) is 20.8 Å². The van der Waals surface area contributed by atoms with E-state index in [0.29, 0.717) is 19.6 Å². The molecule has 0 spiro atoms. The molecule has 1 aliphatic rings. The zero-order valence-electron chi connectivity index (χ0n) is 12.1. The number of nitrogens with zero attached hydrogens (tertiary/aromatic N) is 1. The molecule has 6 nitrogen and oxygen atoms in total. The summed E-state index contributed by atoms with van der Waals surface area (Å²) in [7, 11) is 1.65. The molecule has 0 radical (unpaired) electrons. The Hall–Kier alpha value is -1.14. The first-order valence-corrected chi connectivity index (χ1v) is 6.53. The van der Waals surface area contributed by atoms with Crippen molar-refractivity contribution in [1.29, 1.82) is 0 Å². The van der Waals surface area contributed by atoms with E-state index in [9.17, 15) is 9.59 Å². The van der Waals surface area contributed by atoms with Crippen molar-refractivity contribution in [2.75, 3.05) is 26.8 Å². The maximum absolute atomic E-state index is 12.0. The van der Waals surface area contributed by atoms with E-state index in [1.165, 1.54) is 4.90 Å². The highest BCUT2D eigenvalue weighted by atomic mass is 16.5. The minimum absolute atomic E-state index is 0.0288. The highest BCUT2D eigenvalue weighted by Gasteiger charge is 2.38. The molecule has 1 rings (SSSR count). The normalized spacial score (nSPS) is 23.4. The first kappa shape index (κ1) is 15.9. The SMILES string of the molecule is CN(C(=O)CCNC(C)(C)C)C1COCC1C(=O)O. The summed E-state index contributed by atoms with van der Waals surface area (Å²) >= 11 is 0. The molecule has 1 aliphatic heterocycles. The van der Waals surface area contributed by atoms with Crippen LogP contribution >= 0.6 is 0 Å². The van der Waals surface area contributed by atoms with Gasteiger partial charge in [0.05, 0.1) is 19.3 Å². The van der Waals surface area contributed by atoms with Crippen molar-refractivity contribution in [2.24, 2.45) is 5.92 Å². The summed E-state index contributed by atoms with van der Waals surface area (Å²) in [5.74, 6) is -1.59. The molecule has 1 amide bonds. The monoisotopic (exact) mass is 272 g/mol. The number of nitrogens with one attached hydrogen (secondary N) is 1. The number of aliphatic carboxylic acids is 1. The Morgan fingerprint density at radius 3 is 2.53 bits per heavy atom. The van der Waals surface area contributed by atoms with Crippen LogP contribution < -0.4 is 5.32 Å². The van der Waals surface area contributed by atoms with Crippen LogP contribution in [0.1, 0.15) is 27.2 Å². The quantitative estimate of drug-likeness (QED) is 0.753. The third kappa shape index (κ3) is 4.80. The topological polar surface area (TPSA) is 78.9 Å². The summed E-state index contributed by atoms with van der Waals surface area (Å²) in [5, 5.41) is 12.3. The molecule has 1 fully saturated rings. The standard InChI is InChI=1S/C13H24N2O4/c1-13(2,3)14-6-5-11(16)15(4)10-8-19-7-9(10)12(17)18/h9-10,14H,5-8H2,1-4H3,(H,17,18). The Morgan fingerprint density at radius 2 is 2.00 bits per heavy atom. The molecule has 1 saturated heterocycles. The maximum Gasteiger partial charge on any atom is 0.311 e. The number of likely N-dealkylation sites (N-methyl/N-ethyl adjacent to an activating group) is 1. The second kappa shape index (κ2) is 6.34. The molecular weight excluding hydrogens is 248 g/mol. The van der Waals surface area contributed by atoms with E-state index < -0.39 is 11.9 Å². The number of carbonyl (C=O) groups excluding carboxylic acids is 1. The molecular formula is C13H24N2O4. The zero-order chi connectivity index (χ0) is 14.6. The van der Waals surface area contributed by atoms with E-state index in [1.807, 2.05) is 20.8 Å². The summed E-state index contributed by atoms with van der Waals surface area (Å²) in [4.78, 5) is 24.6. The summed E-state index contributed by atoms with van der Waals surface area (Å²) in [6.07, 6.45) is 0.358. The van der Waals surface area contributed by atoms with Crippen molar-refractivity contribution in [3.05, 3.63) is 0 Å². The summed E-state index contributed by atoms with van der Waals surface area (Å²) in [5.41, 5.74) is -0.0288. The van der Waals surface area contributed by atoms with E-state index in [1.54, 1.807) is 7.05 Å². The number of carboxylic acids is 1. The van der Waals surface area contributed by atoms with Crippen molar-refractivity contribution in [3.8, 4) is 0 Å². The third-order valence-corrected chi connectivity index (χ3v) is 3.25. The number of rotatable bonds is 5. The van der Waals surface area contributed by atoms with Crippen molar-refractivity contribution in [2.45, 2.75) is 38.8 Å². The van der Waals surface area contributed by atoms with Crippen LogP contribution in [-0.2, 0) is 14.3 Å². The largest absolute Gasteiger partial charge is 0.481 e. The highest BCUT2D eigenvalue weighted by Crippen LogP contribution is 2.19. The van der Waals surface area contributed by atoms with Gasteiger partial charge in [0, 0.05) is 25.6 Å². The Bertz CT molecular complexity index is 338. The highest BCUT2D eigenvalue weighted by molar-refractivity contribution is 5.78. The van der Waals surface area contributed by atoms with Gasteiger partial charge in [-0.25, -0.2) is 0 Å². The number of hydrogen-bond donors (Lipinski definition) is 2. The molecule has 0 saturated carbocycles.